The summed E-state index contributed by atoms with van der Waals surface area (Å²) in [5.74, 6) is 0.180. The molecule has 0 unspecified atom stereocenters. The molecule has 0 aliphatic rings. The van der Waals surface area contributed by atoms with Crippen LogP contribution in [-0.4, -0.2) is 14.9 Å². The Balaban J connectivity index is 1.75. The number of rotatable bonds is 6. The summed E-state index contributed by atoms with van der Waals surface area (Å²) in [4.78, 5) is 0. The summed E-state index contributed by atoms with van der Waals surface area (Å²) in [6, 6.07) is 9.75. The quantitative estimate of drug-likeness (QED) is 0.714. The van der Waals surface area contributed by atoms with E-state index in [0.717, 1.165) is 5.56 Å². The molecule has 0 atom stereocenters. The number of ether oxygens (including phenoxy) is 1. The fourth-order valence-electron chi connectivity index (χ4n) is 2.11. The third-order valence-electron chi connectivity index (χ3n) is 3.33. The number of halogens is 3. The van der Waals surface area contributed by atoms with Gasteiger partial charge in [-0.1, -0.05) is 29.3 Å². The van der Waals surface area contributed by atoms with Crippen molar-refractivity contribution in [3.8, 4) is 5.75 Å². The molecule has 3 aromatic rings. The van der Waals surface area contributed by atoms with Gasteiger partial charge in [-0.2, -0.15) is 0 Å². The van der Waals surface area contributed by atoms with E-state index in [2.05, 4.69) is 15.6 Å². The van der Waals surface area contributed by atoms with E-state index in [1.807, 2.05) is 0 Å². The lowest BCUT2D eigenvalue weighted by Crippen LogP contribution is -2.13. The highest BCUT2D eigenvalue weighted by atomic mass is 35.5. The molecule has 1 N–H and O–H groups in total. The van der Waals surface area contributed by atoms with Crippen LogP contribution in [0.3, 0.4) is 0 Å². The molecule has 1 aromatic heterocycles. The Morgan fingerprint density at radius 1 is 1.12 bits per heavy atom. The summed E-state index contributed by atoms with van der Waals surface area (Å²) in [6.45, 7) is 0.450. The second-order valence-electron chi connectivity index (χ2n) is 4.94. The molecule has 24 heavy (non-hydrogen) atoms. The lowest BCUT2D eigenvalue weighted by molar-refractivity contribution is 0.297. The fraction of sp³-hybridized carbons (Fsp3) is 0.125. The number of aromatic nitrogens is 3. The highest BCUT2D eigenvalue weighted by Crippen LogP contribution is 2.26. The zero-order valence-corrected chi connectivity index (χ0v) is 13.9. The fourth-order valence-corrected chi connectivity index (χ4v) is 2.52. The van der Waals surface area contributed by atoms with Crippen molar-refractivity contribution in [2.75, 3.05) is 5.43 Å². The third-order valence-corrected chi connectivity index (χ3v) is 3.92. The van der Waals surface area contributed by atoms with E-state index in [1.165, 1.54) is 18.7 Å². The molecule has 8 heteroatoms. The Hall–Kier alpha value is -2.31. The first-order valence-corrected chi connectivity index (χ1v) is 7.81. The molecule has 2 aromatic carbocycles. The van der Waals surface area contributed by atoms with Crippen molar-refractivity contribution in [3.63, 3.8) is 0 Å². The molecule has 0 saturated carbocycles. The lowest BCUT2D eigenvalue weighted by Gasteiger charge is -2.14. The Labute approximate surface area is 148 Å². The highest BCUT2D eigenvalue weighted by molar-refractivity contribution is 6.31. The molecule has 0 spiro atoms. The number of hydrogen-bond acceptors (Lipinski definition) is 4. The molecule has 3 rings (SSSR count). The smallest absolute Gasteiger partial charge is 0.138 e. The molecule has 0 aliphatic carbocycles. The molecule has 124 valence electrons. The molecule has 0 radical (unpaired) electrons. The van der Waals surface area contributed by atoms with Crippen LogP contribution in [0, 0.1) is 5.82 Å². The van der Waals surface area contributed by atoms with Gasteiger partial charge in [0.25, 0.3) is 0 Å². The van der Waals surface area contributed by atoms with Crippen LogP contribution in [-0.2, 0) is 13.2 Å². The lowest BCUT2D eigenvalue weighted by atomic mass is 10.2. The van der Waals surface area contributed by atoms with Crippen LogP contribution in [0.15, 0.2) is 49.1 Å². The van der Waals surface area contributed by atoms with Crippen molar-refractivity contribution in [1.82, 2.24) is 14.9 Å². The first kappa shape index (κ1) is 16.5. The second kappa shape index (κ2) is 7.51. The van der Waals surface area contributed by atoms with Crippen molar-refractivity contribution in [3.05, 3.63) is 76.0 Å². The van der Waals surface area contributed by atoms with Crippen molar-refractivity contribution in [1.29, 1.82) is 0 Å². The highest BCUT2D eigenvalue weighted by Gasteiger charge is 2.10. The largest absolute Gasteiger partial charge is 0.488 e. The van der Waals surface area contributed by atoms with E-state index in [0.29, 0.717) is 27.9 Å². The summed E-state index contributed by atoms with van der Waals surface area (Å²) >= 11 is 12.1. The molecule has 0 saturated heterocycles. The predicted octanol–water partition coefficient (Wildman–Crippen LogP) is 4.05. The zero-order valence-electron chi connectivity index (χ0n) is 12.4. The zero-order chi connectivity index (χ0) is 16.9. The van der Waals surface area contributed by atoms with E-state index in [1.54, 1.807) is 35.0 Å². The molecule has 0 fully saturated rings. The van der Waals surface area contributed by atoms with E-state index in [9.17, 15) is 4.39 Å². The van der Waals surface area contributed by atoms with Gasteiger partial charge in [0.15, 0.2) is 0 Å². The van der Waals surface area contributed by atoms with Gasteiger partial charge in [0.1, 0.15) is 30.8 Å². The molecule has 5 nitrogen and oxygen atoms in total. The van der Waals surface area contributed by atoms with Crippen LogP contribution in [0.2, 0.25) is 10.0 Å². The normalized spacial score (nSPS) is 10.6. The molecule has 0 aliphatic heterocycles. The van der Waals surface area contributed by atoms with E-state index in [-0.39, 0.29) is 6.61 Å². The summed E-state index contributed by atoms with van der Waals surface area (Å²) in [7, 11) is 0. The van der Waals surface area contributed by atoms with E-state index in [4.69, 9.17) is 27.9 Å². The van der Waals surface area contributed by atoms with Crippen LogP contribution in [0.4, 0.5) is 4.39 Å². The standard InChI is InChI=1S/C16H13Cl2FN4O/c17-12-4-5-16(11(6-12)7-22-23-9-20-21-10-23)24-8-13-14(18)2-1-3-15(13)19/h1-6,9-10,22H,7-8H2. The number of nitrogens with zero attached hydrogens (tertiary/aromatic N) is 3. The van der Waals surface area contributed by atoms with Crippen LogP contribution >= 0.6 is 23.2 Å². The second-order valence-corrected chi connectivity index (χ2v) is 5.79. The first-order valence-electron chi connectivity index (χ1n) is 7.06. The Kier molecular flexibility index (Phi) is 5.17. The minimum Gasteiger partial charge on any atom is -0.488 e. The minimum atomic E-state index is -0.402. The molecular weight excluding hydrogens is 354 g/mol. The summed E-state index contributed by atoms with van der Waals surface area (Å²) in [5.41, 5.74) is 4.20. The number of nitrogens with one attached hydrogen (secondary N) is 1. The number of hydrogen-bond donors (Lipinski definition) is 1. The van der Waals surface area contributed by atoms with E-state index >= 15 is 0 Å². The van der Waals surface area contributed by atoms with Gasteiger partial charge in [-0.25, -0.2) is 9.07 Å². The SMILES string of the molecule is Fc1cccc(Cl)c1COc1ccc(Cl)cc1CNn1cnnc1. The van der Waals surface area contributed by atoms with Gasteiger partial charge >= 0.3 is 0 Å². The average Bonchev–Trinajstić information content (AvgIpc) is 3.07. The summed E-state index contributed by atoms with van der Waals surface area (Å²) in [6.07, 6.45) is 3.06. The number of benzene rings is 2. The molecule has 1 heterocycles. The van der Waals surface area contributed by atoms with Crippen molar-refractivity contribution >= 4 is 23.2 Å². The molecule has 0 amide bonds. The first-order chi connectivity index (χ1) is 11.6. The van der Waals surface area contributed by atoms with Gasteiger partial charge < -0.3 is 10.2 Å². The van der Waals surface area contributed by atoms with Gasteiger partial charge in [-0.15, -0.1) is 10.2 Å². The third kappa shape index (κ3) is 3.96. The van der Waals surface area contributed by atoms with Crippen molar-refractivity contribution in [2.45, 2.75) is 13.2 Å². The van der Waals surface area contributed by atoms with Crippen molar-refractivity contribution in [2.24, 2.45) is 0 Å². The Bertz CT molecular complexity index is 807. The maximum Gasteiger partial charge on any atom is 0.138 e. The molecular formula is C16H13Cl2FN4O. The van der Waals surface area contributed by atoms with Gasteiger partial charge in [0.2, 0.25) is 0 Å². The van der Waals surface area contributed by atoms with Crippen LogP contribution < -0.4 is 10.2 Å². The van der Waals surface area contributed by atoms with Crippen molar-refractivity contribution < 1.29 is 9.13 Å². The van der Waals surface area contributed by atoms with Gasteiger partial charge in [0, 0.05) is 16.1 Å². The topological polar surface area (TPSA) is 52.0 Å². The van der Waals surface area contributed by atoms with Gasteiger partial charge in [0.05, 0.1) is 11.6 Å². The summed E-state index contributed by atoms with van der Waals surface area (Å²) < 4.78 is 21.2. The van der Waals surface area contributed by atoms with Gasteiger partial charge in [-0.3, -0.25) is 0 Å². The predicted molar refractivity (Wildman–Crippen MR) is 90.3 cm³/mol. The average molecular weight is 367 g/mol. The van der Waals surface area contributed by atoms with Crippen LogP contribution in [0.1, 0.15) is 11.1 Å². The monoisotopic (exact) mass is 366 g/mol. The summed E-state index contributed by atoms with van der Waals surface area (Å²) in [5, 5.41) is 8.32. The maximum atomic E-state index is 13.8. The van der Waals surface area contributed by atoms with Crippen LogP contribution in [0.5, 0.6) is 5.75 Å². The van der Waals surface area contributed by atoms with E-state index < -0.39 is 5.82 Å². The van der Waals surface area contributed by atoms with Gasteiger partial charge in [-0.05, 0) is 30.3 Å². The Morgan fingerprint density at radius 2 is 1.92 bits per heavy atom. The maximum absolute atomic E-state index is 13.8. The molecule has 0 bridgehead atoms. The minimum absolute atomic E-state index is 0.0206. The van der Waals surface area contributed by atoms with Crippen LogP contribution in [0.25, 0.3) is 0 Å². The Morgan fingerprint density at radius 3 is 2.67 bits per heavy atom.